The van der Waals surface area contributed by atoms with Gasteiger partial charge in [0.2, 0.25) is 0 Å². The highest BCUT2D eigenvalue weighted by Gasteiger charge is 2.41. The van der Waals surface area contributed by atoms with Crippen LogP contribution in [0, 0.1) is 13.8 Å². The fraction of sp³-hybridized carbons (Fsp3) is 0.696. The van der Waals surface area contributed by atoms with Gasteiger partial charge in [0.05, 0.1) is 0 Å². The molecule has 0 amide bonds. The van der Waals surface area contributed by atoms with E-state index in [9.17, 15) is 0 Å². The second-order valence-corrected chi connectivity index (χ2v) is 9.53. The predicted molar refractivity (Wildman–Crippen MR) is 118 cm³/mol. The summed E-state index contributed by atoms with van der Waals surface area (Å²) in [6.45, 7) is 4.27. The van der Waals surface area contributed by atoms with E-state index in [1.165, 1.54) is 75.3 Å². The Labute approximate surface area is 170 Å². The molecule has 2 bridgehead atoms. The Morgan fingerprint density at radius 2 is 1.44 bits per heavy atom. The first-order valence-corrected chi connectivity index (χ1v) is 11.4. The molecule has 0 radical (unpaired) electrons. The predicted octanol–water partition coefficient (Wildman–Crippen LogP) is 5.31. The van der Waals surface area contributed by atoms with Crippen LogP contribution in [0.1, 0.15) is 75.3 Å². The molecule has 148 valence electrons. The highest BCUT2D eigenvalue weighted by Crippen LogP contribution is 2.39. The molecule has 0 aromatic heterocycles. The number of thiocarbonyl (C=S) groups is 1. The first-order chi connectivity index (χ1) is 13.1. The molecule has 1 unspecified atom stereocenters. The van der Waals surface area contributed by atoms with Crippen molar-refractivity contribution in [3.63, 3.8) is 0 Å². The van der Waals surface area contributed by atoms with Crippen molar-refractivity contribution in [2.24, 2.45) is 0 Å². The van der Waals surface area contributed by atoms with Gasteiger partial charge in [0.25, 0.3) is 0 Å². The van der Waals surface area contributed by atoms with Crippen molar-refractivity contribution < 1.29 is 0 Å². The van der Waals surface area contributed by atoms with E-state index in [1.54, 1.807) is 0 Å². The number of piperidine rings is 2. The first kappa shape index (κ1) is 19.2. The van der Waals surface area contributed by atoms with E-state index in [0.29, 0.717) is 6.04 Å². The number of anilines is 1. The molecular weight excluding hydrogens is 350 g/mol. The molecule has 0 spiro atoms. The van der Waals surface area contributed by atoms with Gasteiger partial charge in [-0.15, -0.1) is 0 Å². The van der Waals surface area contributed by atoms with E-state index in [2.05, 4.69) is 47.6 Å². The van der Waals surface area contributed by atoms with Crippen molar-refractivity contribution in [3.8, 4) is 0 Å². The Morgan fingerprint density at radius 1 is 0.852 bits per heavy atom. The molecule has 1 aliphatic carbocycles. The van der Waals surface area contributed by atoms with Gasteiger partial charge >= 0.3 is 0 Å². The van der Waals surface area contributed by atoms with Crippen LogP contribution in [0.2, 0.25) is 0 Å². The second kappa shape index (κ2) is 8.48. The molecule has 2 N–H and O–H groups in total. The van der Waals surface area contributed by atoms with E-state index in [-0.39, 0.29) is 0 Å². The third-order valence-electron chi connectivity index (χ3n) is 6.84. The second-order valence-electron chi connectivity index (χ2n) is 9.12. The first-order valence-electron chi connectivity index (χ1n) is 11.0. The topological polar surface area (TPSA) is 27.3 Å². The highest BCUT2D eigenvalue weighted by atomic mass is 32.1. The van der Waals surface area contributed by atoms with Crippen LogP contribution in [0.25, 0.3) is 0 Å². The lowest BCUT2D eigenvalue weighted by Gasteiger charge is -2.53. The molecule has 2 heterocycles. The monoisotopic (exact) mass is 385 g/mol. The van der Waals surface area contributed by atoms with Gasteiger partial charge in [0, 0.05) is 29.9 Å². The maximum atomic E-state index is 5.65. The van der Waals surface area contributed by atoms with Gasteiger partial charge in [0.1, 0.15) is 0 Å². The van der Waals surface area contributed by atoms with Crippen molar-refractivity contribution in [2.45, 2.75) is 102 Å². The van der Waals surface area contributed by atoms with Gasteiger partial charge in [-0.05, 0) is 87.8 Å². The van der Waals surface area contributed by atoms with Crippen molar-refractivity contribution in [3.05, 3.63) is 29.3 Å². The zero-order valence-corrected chi connectivity index (χ0v) is 17.8. The Balaban J connectivity index is 1.36. The molecule has 3 nitrogen and oxygen atoms in total. The summed E-state index contributed by atoms with van der Waals surface area (Å²) in [4.78, 5) is 2.95. The molecule has 2 aliphatic heterocycles. The standard InChI is InChI=1S/C23H35N3S/c1-16-11-17(2)13-18(12-16)24-23(27)25-19-14-21-9-6-10-22(15-19)26(21)20-7-4-3-5-8-20/h11-13,19-22H,3-10,14-15H2,1-2H3,(H2,24,25,27)/t19?,21-,22+. The summed E-state index contributed by atoms with van der Waals surface area (Å²) in [6, 6.07) is 9.44. The highest BCUT2D eigenvalue weighted by molar-refractivity contribution is 7.80. The van der Waals surface area contributed by atoms with Crippen LogP contribution in [0.15, 0.2) is 18.2 Å². The Hall–Kier alpha value is -1.13. The number of nitrogens with one attached hydrogen (secondary N) is 2. The van der Waals surface area contributed by atoms with Crippen LogP contribution < -0.4 is 10.6 Å². The molecule has 2 saturated heterocycles. The van der Waals surface area contributed by atoms with Crippen molar-refractivity contribution in [1.29, 1.82) is 0 Å². The minimum Gasteiger partial charge on any atom is -0.360 e. The Bertz CT molecular complexity index is 633. The van der Waals surface area contributed by atoms with Gasteiger partial charge < -0.3 is 10.6 Å². The van der Waals surface area contributed by atoms with Crippen LogP contribution in [-0.2, 0) is 0 Å². The lowest BCUT2D eigenvalue weighted by atomic mass is 9.78. The fourth-order valence-electron chi connectivity index (χ4n) is 5.91. The van der Waals surface area contributed by atoms with Crippen LogP contribution in [0.3, 0.4) is 0 Å². The van der Waals surface area contributed by atoms with E-state index in [0.717, 1.165) is 28.9 Å². The molecule has 4 rings (SSSR count). The van der Waals surface area contributed by atoms with Crippen LogP contribution in [-0.4, -0.2) is 34.2 Å². The smallest absolute Gasteiger partial charge is 0.170 e. The van der Waals surface area contributed by atoms with Gasteiger partial charge in [-0.3, -0.25) is 4.90 Å². The summed E-state index contributed by atoms with van der Waals surface area (Å²) in [5.74, 6) is 0. The lowest BCUT2D eigenvalue weighted by Crippen LogP contribution is -2.60. The molecule has 1 aromatic rings. The van der Waals surface area contributed by atoms with Gasteiger partial charge in [0.15, 0.2) is 5.11 Å². The van der Waals surface area contributed by atoms with Gasteiger partial charge in [-0.1, -0.05) is 31.7 Å². The number of aryl methyl sites for hydroxylation is 2. The van der Waals surface area contributed by atoms with Crippen LogP contribution in [0.4, 0.5) is 5.69 Å². The maximum absolute atomic E-state index is 5.65. The summed E-state index contributed by atoms with van der Waals surface area (Å²) in [6.07, 6.45) is 13.8. The fourth-order valence-corrected chi connectivity index (χ4v) is 6.19. The molecular formula is C23H35N3S. The molecule has 1 saturated carbocycles. The molecule has 3 atom stereocenters. The van der Waals surface area contributed by atoms with Crippen LogP contribution >= 0.6 is 12.2 Å². The molecule has 27 heavy (non-hydrogen) atoms. The molecule has 4 heteroatoms. The largest absolute Gasteiger partial charge is 0.360 e. The Kier molecular flexibility index (Phi) is 6.03. The average Bonchev–Trinajstić information content (AvgIpc) is 2.60. The third kappa shape index (κ3) is 4.65. The van der Waals surface area contributed by atoms with Crippen molar-refractivity contribution in [1.82, 2.24) is 10.2 Å². The third-order valence-corrected chi connectivity index (χ3v) is 7.06. The van der Waals surface area contributed by atoms with E-state index in [4.69, 9.17) is 12.2 Å². The summed E-state index contributed by atoms with van der Waals surface area (Å²) >= 11 is 5.65. The SMILES string of the molecule is Cc1cc(C)cc(NC(=S)NC2C[C@H]3CCC[C@@H](C2)N3C2CCCCC2)c1. The maximum Gasteiger partial charge on any atom is 0.170 e. The number of nitrogens with zero attached hydrogens (tertiary/aromatic N) is 1. The van der Waals surface area contributed by atoms with Crippen molar-refractivity contribution >= 4 is 23.0 Å². The average molecular weight is 386 g/mol. The minimum absolute atomic E-state index is 0.519. The number of benzene rings is 1. The summed E-state index contributed by atoms with van der Waals surface area (Å²) in [5, 5.41) is 7.86. The zero-order valence-electron chi connectivity index (χ0n) is 17.0. The molecule has 3 aliphatic rings. The van der Waals surface area contributed by atoms with Crippen molar-refractivity contribution in [2.75, 3.05) is 5.32 Å². The number of hydrogen-bond donors (Lipinski definition) is 2. The lowest BCUT2D eigenvalue weighted by molar-refractivity contribution is -0.0195. The summed E-state index contributed by atoms with van der Waals surface area (Å²) in [7, 11) is 0. The normalized spacial score (nSPS) is 29.3. The Morgan fingerprint density at radius 3 is 2.07 bits per heavy atom. The zero-order chi connectivity index (χ0) is 18.8. The minimum atomic E-state index is 0.519. The summed E-state index contributed by atoms with van der Waals surface area (Å²) in [5.41, 5.74) is 3.65. The summed E-state index contributed by atoms with van der Waals surface area (Å²) < 4.78 is 0. The molecule has 1 aromatic carbocycles. The number of rotatable bonds is 3. The van der Waals surface area contributed by atoms with Gasteiger partial charge in [-0.2, -0.15) is 0 Å². The van der Waals surface area contributed by atoms with E-state index < -0.39 is 0 Å². The van der Waals surface area contributed by atoms with Crippen LogP contribution in [0.5, 0.6) is 0 Å². The quantitative estimate of drug-likeness (QED) is 0.690. The molecule has 3 fully saturated rings. The number of hydrogen-bond acceptors (Lipinski definition) is 2. The van der Waals surface area contributed by atoms with Gasteiger partial charge in [-0.25, -0.2) is 0 Å². The van der Waals surface area contributed by atoms with E-state index >= 15 is 0 Å². The van der Waals surface area contributed by atoms with E-state index in [1.807, 2.05) is 0 Å². The number of fused-ring (bicyclic) bond motifs is 2.